The van der Waals surface area contributed by atoms with Gasteiger partial charge in [-0.25, -0.2) is 0 Å². The Labute approximate surface area is 130 Å². The van der Waals surface area contributed by atoms with Crippen LogP contribution in [0.15, 0.2) is 35.3 Å². The molecule has 2 aromatic rings. The first-order valence-electron chi connectivity index (χ1n) is 6.72. The Morgan fingerprint density at radius 1 is 1.24 bits per heavy atom. The average Bonchev–Trinajstić information content (AvgIpc) is 3.08. The third-order valence-corrected chi connectivity index (χ3v) is 4.07. The molecule has 0 atom stereocenters. The van der Waals surface area contributed by atoms with E-state index in [2.05, 4.69) is 43.6 Å². The largest absolute Gasteiger partial charge is 0.298 e. The van der Waals surface area contributed by atoms with Crippen molar-refractivity contribution >= 4 is 27.5 Å². The minimum atomic E-state index is -0.243. The number of nitrogens with one attached hydrogen (secondary N) is 3. The van der Waals surface area contributed by atoms with E-state index in [0.717, 1.165) is 40.6 Å². The monoisotopic (exact) mass is 346 g/mol. The number of benzene rings is 1. The summed E-state index contributed by atoms with van der Waals surface area (Å²) in [5, 5.41) is 7.01. The second-order valence-electron chi connectivity index (χ2n) is 4.95. The van der Waals surface area contributed by atoms with Crippen LogP contribution in [0.4, 0.5) is 0 Å². The van der Waals surface area contributed by atoms with Gasteiger partial charge in [0.2, 0.25) is 0 Å². The number of hydrogen-bond acceptors (Lipinski definition) is 3. The molecule has 1 amide bonds. The lowest BCUT2D eigenvalue weighted by atomic mass is 10.2. The van der Waals surface area contributed by atoms with Crippen LogP contribution in [0.2, 0.25) is 0 Å². The number of carbonyl (C=O) groups excluding carboxylic acids is 1. The number of carbonyl (C=O) groups is 1. The Balaban J connectivity index is 1.63. The molecule has 1 heterocycles. The zero-order valence-corrected chi connectivity index (χ0v) is 13.0. The van der Waals surface area contributed by atoms with Gasteiger partial charge in [-0.15, -0.1) is 0 Å². The Hall–Kier alpha value is -2.08. The summed E-state index contributed by atoms with van der Waals surface area (Å²) >= 11 is 3.38. The summed E-state index contributed by atoms with van der Waals surface area (Å²) in [4.78, 5) is 12.2. The predicted octanol–water partition coefficient (Wildman–Crippen LogP) is 2.57. The molecule has 108 valence electrons. The number of fused-ring (bicyclic) bond motifs is 1. The van der Waals surface area contributed by atoms with Crippen LogP contribution in [-0.4, -0.2) is 16.1 Å². The van der Waals surface area contributed by atoms with E-state index in [4.69, 9.17) is 0 Å². The van der Waals surface area contributed by atoms with Crippen molar-refractivity contribution in [1.29, 1.82) is 0 Å². The highest BCUT2D eigenvalue weighted by Gasteiger charge is 2.22. The Kier molecular flexibility index (Phi) is 3.79. The summed E-state index contributed by atoms with van der Waals surface area (Å²) in [6, 6.07) is 7.67. The van der Waals surface area contributed by atoms with Crippen LogP contribution in [-0.2, 0) is 12.8 Å². The van der Waals surface area contributed by atoms with Crippen molar-refractivity contribution < 1.29 is 4.79 Å². The smallest absolute Gasteiger partial charge is 0.290 e. The molecular formula is C15H15BrN4O. The number of hydrogen-bond donors (Lipinski definition) is 3. The summed E-state index contributed by atoms with van der Waals surface area (Å²) in [5.74, 6) is -0.243. The molecule has 1 aromatic carbocycles. The molecule has 0 radical (unpaired) electrons. The molecule has 0 fully saturated rings. The van der Waals surface area contributed by atoms with Crippen LogP contribution in [0, 0.1) is 0 Å². The molecule has 0 saturated carbocycles. The van der Waals surface area contributed by atoms with Gasteiger partial charge in [0.05, 0.1) is 5.70 Å². The van der Waals surface area contributed by atoms with Gasteiger partial charge in [0.25, 0.3) is 5.91 Å². The number of aromatic amines is 1. The molecule has 0 saturated heterocycles. The second kappa shape index (κ2) is 5.73. The van der Waals surface area contributed by atoms with Crippen LogP contribution >= 0.6 is 15.9 Å². The molecule has 0 bridgehead atoms. The van der Waals surface area contributed by atoms with Crippen molar-refractivity contribution in [2.45, 2.75) is 19.3 Å². The number of halogens is 1. The first kappa shape index (κ1) is 13.9. The van der Waals surface area contributed by atoms with Crippen LogP contribution in [0.3, 0.4) is 0 Å². The normalized spacial score (nSPS) is 12.8. The maximum absolute atomic E-state index is 12.2. The topological polar surface area (TPSA) is 69.8 Å². The lowest BCUT2D eigenvalue weighted by molar-refractivity contribution is 0.0936. The number of nitrogens with zero attached hydrogens (tertiary/aromatic N) is 1. The summed E-state index contributed by atoms with van der Waals surface area (Å²) in [5.41, 5.74) is 9.59. The standard InChI is InChI=1S/C15H15BrN4O/c1-9(10-5-7-11(16)8-6-10)17-20-15(21)14-12-3-2-4-13(12)18-19-14/h5-8,17H,1-4H2,(H,18,19)(H,20,21). The minimum absolute atomic E-state index is 0.243. The number of aryl methyl sites for hydroxylation is 1. The Morgan fingerprint density at radius 3 is 2.76 bits per heavy atom. The number of hydrazine groups is 1. The highest BCUT2D eigenvalue weighted by Crippen LogP contribution is 2.22. The van der Waals surface area contributed by atoms with Crippen LogP contribution < -0.4 is 10.9 Å². The van der Waals surface area contributed by atoms with E-state index in [9.17, 15) is 4.79 Å². The zero-order chi connectivity index (χ0) is 14.8. The molecule has 1 aliphatic rings. The Bertz CT molecular complexity index is 690. The van der Waals surface area contributed by atoms with E-state index in [0.29, 0.717) is 11.4 Å². The lowest BCUT2D eigenvalue weighted by Crippen LogP contribution is -2.36. The lowest BCUT2D eigenvalue weighted by Gasteiger charge is -2.10. The molecule has 0 aliphatic heterocycles. The van der Waals surface area contributed by atoms with Gasteiger partial charge in [0, 0.05) is 15.7 Å². The quantitative estimate of drug-likeness (QED) is 0.745. The zero-order valence-electron chi connectivity index (χ0n) is 11.4. The highest BCUT2D eigenvalue weighted by atomic mass is 79.9. The Morgan fingerprint density at radius 2 is 2.00 bits per heavy atom. The van der Waals surface area contributed by atoms with E-state index >= 15 is 0 Å². The molecular weight excluding hydrogens is 332 g/mol. The average molecular weight is 347 g/mol. The predicted molar refractivity (Wildman–Crippen MR) is 84.4 cm³/mol. The number of rotatable bonds is 4. The van der Waals surface area contributed by atoms with E-state index in [1.807, 2.05) is 24.3 Å². The van der Waals surface area contributed by atoms with Crippen molar-refractivity contribution in [1.82, 2.24) is 21.0 Å². The molecule has 5 nitrogen and oxygen atoms in total. The van der Waals surface area contributed by atoms with Crippen LogP contribution in [0.1, 0.15) is 33.7 Å². The second-order valence-corrected chi connectivity index (χ2v) is 5.86. The van der Waals surface area contributed by atoms with Crippen molar-refractivity contribution in [3.05, 3.63) is 57.8 Å². The summed E-state index contributed by atoms with van der Waals surface area (Å²) in [7, 11) is 0. The van der Waals surface area contributed by atoms with E-state index in [1.54, 1.807) is 0 Å². The van der Waals surface area contributed by atoms with Gasteiger partial charge < -0.3 is 0 Å². The van der Waals surface area contributed by atoms with E-state index in [-0.39, 0.29) is 5.91 Å². The molecule has 0 spiro atoms. The third-order valence-electron chi connectivity index (χ3n) is 3.54. The first-order chi connectivity index (χ1) is 10.1. The maximum atomic E-state index is 12.2. The molecule has 1 aromatic heterocycles. The van der Waals surface area contributed by atoms with E-state index in [1.165, 1.54) is 0 Å². The van der Waals surface area contributed by atoms with Gasteiger partial charge in [-0.3, -0.25) is 20.7 Å². The number of H-pyrrole nitrogens is 1. The highest BCUT2D eigenvalue weighted by molar-refractivity contribution is 9.10. The molecule has 6 heteroatoms. The van der Waals surface area contributed by atoms with Crippen molar-refractivity contribution in [3.63, 3.8) is 0 Å². The molecule has 3 rings (SSSR count). The first-order valence-corrected chi connectivity index (χ1v) is 7.52. The van der Waals surface area contributed by atoms with Gasteiger partial charge in [-0.1, -0.05) is 34.6 Å². The summed E-state index contributed by atoms with van der Waals surface area (Å²) in [6.45, 7) is 3.91. The van der Waals surface area contributed by atoms with Crippen molar-refractivity contribution in [3.8, 4) is 0 Å². The molecule has 1 aliphatic carbocycles. The van der Waals surface area contributed by atoms with Crippen molar-refractivity contribution in [2.24, 2.45) is 0 Å². The number of aromatic nitrogens is 2. The van der Waals surface area contributed by atoms with Crippen LogP contribution in [0.5, 0.6) is 0 Å². The van der Waals surface area contributed by atoms with Gasteiger partial charge >= 0.3 is 0 Å². The summed E-state index contributed by atoms with van der Waals surface area (Å²) in [6.07, 6.45) is 2.94. The molecule has 3 N–H and O–H groups in total. The van der Waals surface area contributed by atoms with Gasteiger partial charge in [0.15, 0.2) is 5.69 Å². The summed E-state index contributed by atoms with van der Waals surface area (Å²) < 4.78 is 0.996. The molecule has 0 unspecified atom stereocenters. The maximum Gasteiger partial charge on any atom is 0.290 e. The van der Waals surface area contributed by atoms with Gasteiger partial charge in [-0.05, 0) is 37.0 Å². The van der Waals surface area contributed by atoms with Gasteiger partial charge in [0.1, 0.15) is 0 Å². The van der Waals surface area contributed by atoms with E-state index < -0.39 is 0 Å². The minimum Gasteiger partial charge on any atom is -0.298 e. The third kappa shape index (κ3) is 2.85. The van der Waals surface area contributed by atoms with Crippen LogP contribution in [0.25, 0.3) is 5.70 Å². The fraction of sp³-hybridized carbons (Fsp3) is 0.200. The molecule has 21 heavy (non-hydrogen) atoms. The SMILES string of the molecule is C=C(NNC(=O)c1n[nH]c2c1CCC2)c1ccc(Br)cc1. The number of amides is 1. The van der Waals surface area contributed by atoms with Crippen molar-refractivity contribution in [2.75, 3.05) is 0 Å². The fourth-order valence-electron chi connectivity index (χ4n) is 2.42. The fourth-order valence-corrected chi connectivity index (χ4v) is 2.69. The van der Waals surface area contributed by atoms with Gasteiger partial charge in [-0.2, -0.15) is 5.10 Å².